The van der Waals surface area contributed by atoms with E-state index in [0.717, 1.165) is 61.8 Å². The number of likely N-dealkylation sites (N-methyl/N-ethyl adjacent to an activating group) is 1. The number of ether oxygens (including phenoxy) is 2. The standard InChI is InChI=1S/C28H33N7O3/c1-33-11-13-34(14-12-33)20-7-8-22(25(17-20)37-2)31-28-29-18-23-26(32-28)35(19-9-15-38-16-10-19)24-6-4-3-5-21(24)27(36)30-23/h3-8,17-19H,9-16H2,1-2H3,(H,30,36)(H,29,31,32). The molecule has 2 saturated heterocycles. The Hall–Kier alpha value is -3.89. The summed E-state index contributed by atoms with van der Waals surface area (Å²) in [7, 11) is 3.82. The Morgan fingerprint density at radius 3 is 2.66 bits per heavy atom. The highest BCUT2D eigenvalue weighted by Gasteiger charge is 2.32. The van der Waals surface area contributed by atoms with Crippen molar-refractivity contribution in [3.05, 3.63) is 54.2 Å². The molecule has 2 N–H and O–H groups in total. The van der Waals surface area contributed by atoms with Gasteiger partial charge in [0, 0.05) is 57.2 Å². The van der Waals surface area contributed by atoms with Crippen LogP contribution in [0, 0.1) is 0 Å². The van der Waals surface area contributed by atoms with Gasteiger partial charge in [-0.3, -0.25) is 4.79 Å². The number of hydrogen-bond donors (Lipinski definition) is 2. The Labute approximate surface area is 222 Å². The van der Waals surface area contributed by atoms with Crippen LogP contribution in [0.5, 0.6) is 5.75 Å². The van der Waals surface area contributed by atoms with E-state index in [2.05, 4.69) is 49.5 Å². The van der Waals surface area contributed by atoms with Crippen molar-refractivity contribution < 1.29 is 14.3 Å². The van der Waals surface area contributed by atoms with Crippen molar-refractivity contribution >= 4 is 40.4 Å². The summed E-state index contributed by atoms with van der Waals surface area (Å²) in [5.74, 6) is 1.66. The molecular weight excluding hydrogens is 482 g/mol. The number of carbonyl (C=O) groups is 1. The van der Waals surface area contributed by atoms with Crippen LogP contribution >= 0.6 is 0 Å². The zero-order chi connectivity index (χ0) is 26.1. The molecule has 6 rings (SSSR count). The topological polar surface area (TPSA) is 95.1 Å². The number of fused-ring (bicyclic) bond motifs is 2. The van der Waals surface area contributed by atoms with E-state index in [4.69, 9.17) is 14.5 Å². The van der Waals surface area contributed by atoms with Gasteiger partial charge < -0.3 is 34.8 Å². The molecule has 10 heteroatoms. The largest absolute Gasteiger partial charge is 0.494 e. The van der Waals surface area contributed by atoms with E-state index in [0.29, 0.717) is 36.2 Å². The van der Waals surface area contributed by atoms with Crippen LogP contribution in [-0.4, -0.2) is 80.4 Å². The van der Waals surface area contributed by atoms with E-state index in [9.17, 15) is 4.79 Å². The number of aromatic nitrogens is 2. The van der Waals surface area contributed by atoms with Gasteiger partial charge in [-0.05, 0) is 44.2 Å². The van der Waals surface area contributed by atoms with Crippen molar-refractivity contribution in [1.29, 1.82) is 0 Å². The number of rotatable bonds is 5. The lowest BCUT2D eigenvalue weighted by molar-refractivity contribution is 0.0864. The molecule has 2 aromatic carbocycles. The third kappa shape index (κ3) is 4.72. The molecule has 0 atom stereocenters. The molecule has 2 fully saturated rings. The van der Waals surface area contributed by atoms with E-state index >= 15 is 0 Å². The van der Waals surface area contributed by atoms with Crippen LogP contribution in [0.2, 0.25) is 0 Å². The quantitative estimate of drug-likeness (QED) is 0.525. The number of anilines is 6. The van der Waals surface area contributed by atoms with E-state index in [-0.39, 0.29) is 11.9 Å². The van der Waals surface area contributed by atoms with Gasteiger partial charge >= 0.3 is 0 Å². The van der Waals surface area contributed by atoms with Gasteiger partial charge in [0.25, 0.3) is 5.91 Å². The molecule has 1 aromatic heterocycles. The van der Waals surface area contributed by atoms with E-state index in [1.165, 1.54) is 0 Å². The van der Waals surface area contributed by atoms with Gasteiger partial charge in [-0.25, -0.2) is 4.98 Å². The number of benzene rings is 2. The van der Waals surface area contributed by atoms with Crippen LogP contribution in [0.4, 0.5) is 34.5 Å². The third-order valence-electron chi connectivity index (χ3n) is 7.51. The molecule has 0 aliphatic carbocycles. The predicted molar refractivity (Wildman–Crippen MR) is 148 cm³/mol. The number of carbonyl (C=O) groups excluding carboxylic acids is 1. The van der Waals surface area contributed by atoms with Gasteiger partial charge in [-0.1, -0.05) is 12.1 Å². The zero-order valence-corrected chi connectivity index (χ0v) is 21.8. The van der Waals surface area contributed by atoms with Crippen LogP contribution in [0.25, 0.3) is 0 Å². The van der Waals surface area contributed by atoms with Crippen molar-refractivity contribution in [2.24, 2.45) is 0 Å². The number of hydrogen-bond acceptors (Lipinski definition) is 9. The van der Waals surface area contributed by atoms with Gasteiger partial charge in [0.15, 0.2) is 5.82 Å². The van der Waals surface area contributed by atoms with Gasteiger partial charge in [0.1, 0.15) is 11.4 Å². The predicted octanol–water partition coefficient (Wildman–Crippen LogP) is 3.86. The summed E-state index contributed by atoms with van der Waals surface area (Å²) in [4.78, 5) is 29.4. The number of amides is 1. The van der Waals surface area contributed by atoms with E-state index < -0.39 is 0 Å². The van der Waals surface area contributed by atoms with Crippen molar-refractivity contribution in [2.75, 3.05) is 74.0 Å². The van der Waals surface area contributed by atoms with Crippen molar-refractivity contribution in [3.8, 4) is 5.75 Å². The minimum absolute atomic E-state index is 0.150. The summed E-state index contributed by atoms with van der Waals surface area (Å²) >= 11 is 0. The maximum atomic E-state index is 13.1. The number of methoxy groups -OCH3 is 1. The van der Waals surface area contributed by atoms with E-state index in [1.807, 2.05) is 30.3 Å². The molecule has 4 heterocycles. The van der Waals surface area contributed by atoms with Gasteiger partial charge in [-0.15, -0.1) is 0 Å². The molecule has 38 heavy (non-hydrogen) atoms. The lowest BCUT2D eigenvalue weighted by Crippen LogP contribution is -2.44. The Balaban J connectivity index is 1.34. The smallest absolute Gasteiger partial charge is 0.257 e. The summed E-state index contributed by atoms with van der Waals surface area (Å²) in [6.07, 6.45) is 3.36. The average Bonchev–Trinajstić information content (AvgIpc) is 3.08. The molecule has 0 spiro atoms. The number of piperazine rings is 1. The molecule has 3 aliphatic rings. The summed E-state index contributed by atoms with van der Waals surface area (Å²) in [6.45, 7) is 5.38. The molecule has 1 amide bonds. The molecule has 198 valence electrons. The lowest BCUT2D eigenvalue weighted by Gasteiger charge is -2.35. The normalized spacial score (nSPS) is 18.3. The van der Waals surface area contributed by atoms with Crippen molar-refractivity contribution in [2.45, 2.75) is 18.9 Å². The summed E-state index contributed by atoms with van der Waals surface area (Å²) in [5.41, 5.74) is 3.96. The van der Waals surface area contributed by atoms with Crippen LogP contribution in [0.15, 0.2) is 48.7 Å². The Bertz CT molecular complexity index is 1320. The first-order valence-corrected chi connectivity index (χ1v) is 13.1. The highest BCUT2D eigenvalue weighted by molar-refractivity contribution is 6.12. The second-order valence-corrected chi connectivity index (χ2v) is 9.92. The molecule has 10 nitrogen and oxygen atoms in total. The second-order valence-electron chi connectivity index (χ2n) is 9.92. The minimum atomic E-state index is -0.165. The highest BCUT2D eigenvalue weighted by Crippen LogP contribution is 2.40. The zero-order valence-electron chi connectivity index (χ0n) is 21.8. The number of para-hydroxylation sites is 1. The van der Waals surface area contributed by atoms with E-state index in [1.54, 1.807) is 13.3 Å². The Kier molecular flexibility index (Phi) is 6.73. The second kappa shape index (κ2) is 10.5. The average molecular weight is 516 g/mol. The summed E-state index contributed by atoms with van der Waals surface area (Å²) in [6, 6.07) is 14.0. The number of nitrogens with zero attached hydrogens (tertiary/aromatic N) is 5. The Morgan fingerprint density at radius 1 is 1.08 bits per heavy atom. The molecular formula is C28H33N7O3. The first-order chi connectivity index (χ1) is 18.6. The minimum Gasteiger partial charge on any atom is -0.494 e. The van der Waals surface area contributed by atoms with Crippen molar-refractivity contribution in [3.63, 3.8) is 0 Å². The molecule has 0 saturated carbocycles. The molecule has 3 aliphatic heterocycles. The fourth-order valence-electron chi connectivity index (χ4n) is 5.36. The maximum absolute atomic E-state index is 13.1. The highest BCUT2D eigenvalue weighted by atomic mass is 16.5. The van der Waals surface area contributed by atoms with Gasteiger partial charge in [-0.2, -0.15) is 4.98 Å². The summed E-state index contributed by atoms with van der Waals surface area (Å²) < 4.78 is 11.4. The first-order valence-electron chi connectivity index (χ1n) is 13.1. The molecule has 0 radical (unpaired) electrons. The van der Waals surface area contributed by atoms with Gasteiger partial charge in [0.2, 0.25) is 5.95 Å². The SMILES string of the molecule is COc1cc(N2CCN(C)CC2)ccc1Nc1ncc2c(n1)N(C1CCOCC1)c1ccccc1C(=O)N2. The monoisotopic (exact) mass is 515 g/mol. The third-order valence-corrected chi connectivity index (χ3v) is 7.51. The van der Waals surface area contributed by atoms with Crippen LogP contribution in [0.3, 0.4) is 0 Å². The maximum Gasteiger partial charge on any atom is 0.257 e. The molecule has 3 aromatic rings. The van der Waals surface area contributed by atoms with Gasteiger partial charge in [0.05, 0.1) is 30.2 Å². The molecule has 0 bridgehead atoms. The van der Waals surface area contributed by atoms with Crippen molar-refractivity contribution in [1.82, 2.24) is 14.9 Å². The molecule has 0 unspecified atom stereocenters. The fraction of sp³-hybridized carbons (Fsp3) is 0.393. The van der Waals surface area contributed by atoms with Crippen LogP contribution < -0.4 is 25.2 Å². The summed E-state index contributed by atoms with van der Waals surface area (Å²) in [5, 5.41) is 6.36. The Morgan fingerprint density at radius 2 is 1.87 bits per heavy atom. The van der Waals surface area contributed by atoms with Crippen LogP contribution in [0.1, 0.15) is 23.2 Å². The first kappa shape index (κ1) is 24.4. The number of nitrogens with one attached hydrogen (secondary N) is 2. The van der Waals surface area contributed by atoms with Crippen LogP contribution in [-0.2, 0) is 4.74 Å². The lowest BCUT2D eigenvalue weighted by atomic mass is 10.0. The fourth-order valence-corrected chi connectivity index (χ4v) is 5.36.